The van der Waals surface area contributed by atoms with Gasteiger partial charge in [0, 0.05) is 7.05 Å². The van der Waals surface area contributed by atoms with Gasteiger partial charge in [-0.2, -0.15) is 0 Å². The van der Waals surface area contributed by atoms with Gasteiger partial charge in [-0.05, 0) is 43.2 Å². The molecule has 0 aromatic heterocycles. The Morgan fingerprint density at radius 1 is 1.12 bits per heavy atom. The van der Waals surface area contributed by atoms with E-state index in [9.17, 15) is 9.59 Å². The van der Waals surface area contributed by atoms with Gasteiger partial charge in [0.2, 0.25) is 5.91 Å². The highest BCUT2D eigenvalue weighted by Gasteiger charge is 2.15. The lowest BCUT2D eigenvalue weighted by Gasteiger charge is -2.18. The van der Waals surface area contributed by atoms with Gasteiger partial charge in [0.25, 0.3) is 5.91 Å². The third-order valence-electron chi connectivity index (χ3n) is 3.86. The fraction of sp³-hybridized carbons (Fsp3) is 0.263. The Morgan fingerprint density at radius 3 is 2.56 bits per heavy atom. The molecule has 2 aromatic carbocycles. The van der Waals surface area contributed by atoms with Gasteiger partial charge in [0.1, 0.15) is 5.75 Å². The van der Waals surface area contributed by atoms with Gasteiger partial charge >= 0.3 is 0 Å². The average Bonchev–Trinajstić information content (AvgIpc) is 2.58. The molecule has 2 rings (SSSR count). The maximum Gasteiger partial charge on any atom is 0.260 e. The highest BCUT2D eigenvalue weighted by molar-refractivity contribution is 6.33. The van der Waals surface area contributed by atoms with Crippen molar-refractivity contribution in [3.63, 3.8) is 0 Å². The van der Waals surface area contributed by atoms with Crippen molar-refractivity contribution in [2.24, 2.45) is 0 Å². The van der Waals surface area contributed by atoms with E-state index in [4.69, 9.17) is 16.3 Å². The highest BCUT2D eigenvalue weighted by Crippen LogP contribution is 2.21. The van der Waals surface area contributed by atoms with E-state index in [2.05, 4.69) is 5.32 Å². The topological polar surface area (TPSA) is 58.6 Å². The summed E-state index contributed by atoms with van der Waals surface area (Å²) in [4.78, 5) is 25.5. The summed E-state index contributed by atoms with van der Waals surface area (Å²) in [6.45, 7) is 3.71. The molecule has 0 unspecified atom stereocenters. The van der Waals surface area contributed by atoms with Crippen molar-refractivity contribution in [1.82, 2.24) is 4.90 Å². The Morgan fingerprint density at radius 2 is 1.84 bits per heavy atom. The van der Waals surface area contributed by atoms with Gasteiger partial charge in [0.15, 0.2) is 6.61 Å². The monoisotopic (exact) mass is 360 g/mol. The number of amides is 2. The molecular formula is C19H21ClN2O3. The summed E-state index contributed by atoms with van der Waals surface area (Å²) in [6.07, 6.45) is 0. The molecule has 0 spiro atoms. The standard InChI is InChI=1S/C19H21ClN2O3/c1-13-7-6-10-17(14(13)2)25-12-19(24)22(3)11-18(23)21-16-9-5-4-8-15(16)20/h4-10H,11-12H2,1-3H3,(H,21,23). The van der Waals surface area contributed by atoms with Crippen LogP contribution in [0.1, 0.15) is 11.1 Å². The largest absolute Gasteiger partial charge is 0.483 e. The molecule has 2 amide bonds. The molecule has 0 heterocycles. The van der Waals surface area contributed by atoms with Crippen LogP contribution in [-0.4, -0.2) is 36.9 Å². The summed E-state index contributed by atoms with van der Waals surface area (Å²) in [5.41, 5.74) is 2.61. The number of nitrogens with zero attached hydrogens (tertiary/aromatic N) is 1. The van der Waals surface area contributed by atoms with Crippen molar-refractivity contribution in [2.45, 2.75) is 13.8 Å². The molecule has 0 bridgehead atoms. The van der Waals surface area contributed by atoms with Gasteiger partial charge in [-0.25, -0.2) is 0 Å². The maximum atomic E-state index is 12.2. The van der Waals surface area contributed by atoms with Crippen LogP contribution in [0.3, 0.4) is 0 Å². The predicted octanol–water partition coefficient (Wildman–Crippen LogP) is 3.43. The minimum Gasteiger partial charge on any atom is -0.483 e. The number of anilines is 1. The van der Waals surface area contributed by atoms with Crippen LogP contribution >= 0.6 is 11.6 Å². The van der Waals surface area contributed by atoms with Crippen LogP contribution in [-0.2, 0) is 9.59 Å². The van der Waals surface area contributed by atoms with E-state index < -0.39 is 0 Å². The number of carbonyl (C=O) groups is 2. The number of benzene rings is 2. The minimum atomic E-state index is -0.323. The Bertz CT molecular complexity index is 777. The van der Waals surface area contributed by atoms with Crippen molar-refractivity contribution in [3.05, 3.63) is 58.6 Å². The van der Waals surface area contributed by atoms with Crippen LogP contribution in [0.15, 0.2) is 42.5 Å². The molecule has 2 aromatic rings. The van der Waals surface area contributed by atoms with Crippen LogP contribution in [0.25, 0.3) is 0 Å². The van der Waals surface area contributed by atoms with Gasteiger partial charge < -0.3 is 15.0 Å². The van der Waals surface area contributed by atoms with Crippen molar-refractivity contribution < 1.29 is 14.3 Å². The van der Waals surface area contributed by atoms with Gasteiger partial charge in [-0.15, -0.1) is 0 Å². The van der Waals surface area contributed by atoms with Crippen LogP contribution in [0.2, 0.25) is 5.02 Å². The fourth-order valence-electron chi connectivity index (χ4n) is 2.19. The summed E-state index contributed by atoms with van der Waals surface area (Å²) >= 11 is 6.00. The first kappa shape index (κ1) is 18.8. The molecule has 132 valence electrons. The molecule has 0 fully saturated rings. The molecular weight excluding hydrogens is 340 g/mol. The first-order chi connectivity index (χ1) is 11.9. The zero-order chi connectivity index (χ0) is 18.4. The van der Waals surface area contributed by atoms with Crippen molar-refractivity contribution in [3.8, 4) is 5.75 Å². The third-order valence-corrected chi connectivity index (χ3v) is 4.19. The summed E-state index contributed by atoms with van der Waals surface area (Å²) in [5, 5.41) is 3.13. The lowest BCUT2D eigenvalue weighted by molar-refractivity contribution is -0.135. The highest BCUT2D eigenvalue weighted by atomic mass is 35.5. The van der Waals surface area contributed by atoms with Crippen molar-refractivity contribution >= 4 is 29.1 Å². The number of halogens is 1. The van der Waals surface area contributed by atoms with Crippen LogP contribution in [0.4, 0.5) is 5.69 Å². The van der Waals surface area contributed by atoms with E-state index >= 15 is 0 Å². The Labute approximate surface area is 152 Å². The van der Waals surface area contributed by atoms with E-state index in [1.165, 1.54) is 4.90 Å². The second kappa shape index (κ2) is 8.53. The fourth-order valence-corrected chi connectivity index (χ4v) is 2.37. The number of ether oxygens (including phenoxy) is 1. The maximum absolute atomic E-state index is 12.2. The number of aryl methyl sites for hydroxylation is 1. The van der Waals surface area contributed by atoms with Crippen molar-refractivity contribution in [1.29, 1.82) is 0 Å². The molecule has 6 heteroatoms. The molecule has 0 saturated heterocycles. The summed E-state index contributed by atoms with van der Waals surface area (Å²) in [5.74, 6) is 0.0631. The third kappa shape index (κ3) is 5.22. The number of para-hydroxylation sites is 1. The summed E-state index contributed by atoms with van der Waals surface area (Å²) < 4.78 is 5.58. The number of hydrogen-bond donors (Lipinski definition) is 1. The second-order valence-corrected chi connectivity index (χ2v) is 6.17. The average molecular weight is 361 g/mol. The molecule has 0 atom stereocenters. The van der Waals surface area contributed by atoms with E-state index in [0.29, 0.717) is 16.5 Å². The molecule has 0 radical (unpaired) electrons. The molecule has 0 saturated carbocycles. The van der Waals surface area contributed by atoms with Crippen LogP contribution in [0, 0.1) is 13.8 Å². The second-order valence-electron chi connectivity index (χ2n) is 5.76. The Kier molecular flexibility index (Phi) is 6.42. The smallest absolute Gasteiger partial charge is 0.260 e. The Balaban J connectivity index is 1.86. The quantitative estimate of drug-likeness (QED) is 0.858. The van der Waals surface area contributed by atoms with Crippen molar-refractivity contribution in [2.75, 3.05) is 25.5 Å². The minimum absolute atomic E-state index is 0.0831. The molecule has 1 N–H and O–H groups in total. The Hall–Kier alpha value is -2.53. The molecule has 0 aliphatic rings. The van der Waals surface area contributed by atoms with Gasteiger partial charge in [-0.1, -0.05) is 35.9 Å². The number of likely N-dealkylation sites (N-methyl/N-ethyl adjacent to an activating group) is 1. The molecule has 25 heavy (non-hydrogen) atoms. The number of nitrogens with one attached hydrogen (secondary N) is 1. The van der Waals surface area contributed by atoms with Crippen LogP contribution in [0.5, 0.6) is 5.75 Å². The first-order valence-corrected chi connectivity index (χ1v) is 8.23. The van der Waals surface area contributed by atoms with Crippen LogP contribution < -0.4 is 10.1 Å². The molecule has 0 aliphatic heterocycles. The zero-order valence-electron chi connectivity index (χ0n) is 14.5. The van der Waals surface area contributed by atoms with E-state index in [-0.39, 0.29) is 25.0 Å². The lowest BCUT2D eigenvalue weighted by atomic mass is 10.1. The predicted molar refractivity (Wildman–Crippen MR) is 99.1 cm³/mol. The lowest BCUT2D eigenvalue weighted by Crippen LogP contribution is -2.37. The van der Waals surface area contributed by atoms with E-state index in [0.717, 1.165) is 11.1 Å². The van der Waals surface area contributed by atoms with E-state index in [1.54, 1.807) is 31.3 Å². The van der Waals surface area contributed by atoms with Gasteiger partial charge in [0.05, 0.1) is 17.3 Å². The van der Waals surface area contributed by atoms with E-state index in [1.807, 2.05) is 32.0 Å². The molecule has 5 nitrogen and oxygen atoms in total. The zero-order valence-corrected chi connectivity index (χ0v) is 15.3. The molecule has 0 aliphatic carbocycles. The summed E-state index contributed by atoms with van der Waals surface area (Å²) in [6, 6.07) is 12.6. The number of rotatable bonds is 6. The normalized spacial score (nSPS) is 10.2. The number of carbonyl (C=O) groups excluding carboxylic acids is 2. The van der Waals surface area contributed by atoms with Gasteiger partial charge in [-0.3, -0.25) is 9.59 Å². The number of hydrogen-bond acceptors (Lipinski definition) is 3. The first-order valence-electron chi connectivity index (χ1n) is 7.86. The summed E-state index contributed by atoms with van der Waals surface area (Å²) in [7, 11) is 1.56. The SMILES string of the molecule is Cc1cccc(OCC(=O)N(C)CC(=O)Nc2ccccc2Cl)c1C.